The van der Waals surface area contributed by atoms with Gasteiger partial charge in [-0.25, -0.2) is 0 Å². The lowest BCUT2D eigenvalue weighted by molar-refractivity contribution is -0.137. The highest BCUT2D eigenvalue weighted by atomic mass is 19.4. The Bertz CT molecular complexity index is 1170. The minimum Gasteiger partial charge on any atom is -0.457 e. The maximum absolute atomic E-state index is 12.8. The number of hydrogen-bond donors (Lipinski definition) is 1. The first kappa shape index (κ1) is 21.8. The molecule has 0 bridgehead atoms. The van der Waals surface area contributed by atoms with Crippen molar-refractivity contribution in [3.63, 3.8) is 0 Å². The summed E-state index contributed by atoms with van der Waals surface area (Å²) in [7, 11) is 0. The summed E-state index contributed by atoms with van der Waals surface area (Å²) in [5.41, 5.74) is -0.154. The van der Waals surface area contributed by atoms with E-state index in [0.29, 0.717) is 23.0 Å². The summed E-state index contributed by atoms with van der Waals surface area (Å²) >= 11 is 0. The van der Waals surface area contributed by atoms with Crippen LogP contribution >= 0.6 is 0 Å². The van der Waals surface area contributed by atoms with Crippen molar-refractivity contribution in [2.24, 2.45) is 5.92 Å². The fraction of sp³-hybridized carbons (Fsp3) is 0.346. The minimum absolute atomic E-state index is 0.108. The summed E-state index contributed by atoms with van der Waals surface area (Å²) in [5, 5.41) is 4.73. The van der Waals surface area contributed by atoms with E-state index in [2.05, 4.69) is 17.1 Å². The van der Waals surface area contributed by atoms with Crippen LogP contribution in [-0.2, 0) is 6.18 Å². The van der Waals surface area contributed by atoms with Gasteiger partial charge in [0.2, 0.25) is 0 Å². The number of alkyl halides is 3. The molecule has 0 aromatic heterocycles. The molecule has 4 nitrogen and oxygen atoms in total. The van der Waals surface area contributed by atoms with Crippen molar-refractivity contribution in [1.29, 1.82) is 0 Å². The molecule has 1 heterocycles. The number of benzene rings is 3. The Morgan fingerprint density at radius 3 is 2.45 bits per heavy atom. The van der Waals surface area contributed by atoms with Gasteiger partial charge in [-0.15, -0.1) is 0 Å². The molecule has 1 atom stereocenters. The molecular formula is C26H25F3N2O2. The third-order valence-electron chi connectivity index (χ3n) is 6.58. The number of amides is 1. The Balaban J connectivity index is 1.27. The first-order valence-corrected chi connectivity index (χ1v) is 11.2. The van der Waals surface area contributed by atoms with Crippen LogP contribution in [0.5, 0.6) is 11.5 Å². The summed E-state index contributed by atoms with van der Waals surface area (Å²) in [4.78, 5) is 15.3. The summed E-state index contributed by atoms with van der Waals surface area (Å²) in [6, 6.07) is 16.3. The average molecular weight is 454 g/mol. The van der Waals surface area contributed by atoms with Gasteiger partial charge >= 0.3 is 6.18 Å². The van der Waals surface area contributed by atoms with Crippen molar-refractivity contribution < 1.29 is 22.7 Å². The first-order valence-electron chi connectivity index (χ1n) is 11.2. The van der Waals surface area contributed by atoms with Gasteiger partial charge in [0, 0.05) is 42.0 Å². The molecule has 0 spiro atoms. The zero-order chi connectivity index (χ0) is 23.2. The molecule has 1 saturated carbocycles. The van der Waals surface area contributed by atoms with Gasteiger partial charge < -0.3 is 10.1 Å². The van der Waals surface area contributed by atoms with Crippen LogP contribution in [0.1, 0.15) is 35.7 Å². The topological polar surface area (TPSA) is 41.6 Å². The molecule has 1 saturated heterocycles. The molecule has 1 aliphatic carbocycles. The highest BCUT2D eigenvalue weighted by Crippen LogP contribution is 2.35. The lowest BCUT2D eigenvalue weighted by Crippen LogP contribution is -2.56. The van der Waals surface area contributed by atoms with E-state index < -0.39 is 11.7 Å². The highest BCUT2D eigenvalue weighted by Gasteiger charge is 2.40. The molecule has 5 rings (SSSR count). The van der Waals surface area contributed by atoms with Gasteiger partial charge in [0.25, 0.3) is 5.91 Å². The molecule has 0 radical (unpaired) electrons. The Morgan fingerprint density at radius 1 is 1.06 bits per heavy atom. The van der Waals surface area contributed by atoms with Crippen LogP contribution in [0, 0.1) is 5.92 Å². The minimum atomic E-state index is -4.39. The van der Waals surface area contributed by atoms with E-state index in [4.69, 9.17) is 4.74 Å². The van der Waals surface area contributed by atoms with Gasteiger partial charge in [-0.1, -0.05) is 12.1 Å². The smallest absolute Gasteiger partial charge is 0.416 e. The van der Waals surface area contributed by atoms with Crippen LogP contribution in [0.4, 0.5) is 13.2 Å². The van der Waals surface area contributed by atoms with Crippen LogP contribution in [0.3, 0.4) is 0 Å². The zero-order valence-corrected chi connectivity index (χ0v) is 18.2. The predicted octanol–water partition coefficient (Wildman–Crippen LogP) is 5.86. The normalized spacial score (nSPS) is 18.1. The maximum atomic E-state index is 12.8. The second-order valence-corrected chi connectivity index (χ2v) is 9.02. The van der Waals surface area contributed by atoms with Gasteiger partial charge in [-0.05, 0) is 73.7 Å². The Hall–Kier alpha value is -3.06. The first-order chi connectivity index (χ1) is 15.8. The van der Waals surface area contributed by atoms with Gasteiger partial charge in [-0.3, -0.25) is 9.69 Å². The van der Waals surface area contributed by atoms with Crippen molar-refractivity contribution in [2.75, 3.05) is 13.1 Å². The largest absolute Gasteiger partial charge is 0.457 e. The Labute approximate surface area is 190 Å². The van der Waals surface area contributed by atoms with E-state index >= 15 is 0 Å². The number of ether oxygens (including phenoxy) is 1. The van der Waals surface area contributed by atoms with Crippen LogP contribution < -0.4 is 10.1 Å². The second-order valence-electron chi connectivity index (χ2n) is 9.02. The van der Waals surface area contributed by atoms with Crippen LogP contribution in [0.25, 0.3) is 10.8 Å². The standard InChI is InChI=1S/C26H25F3N2O2/c1-16(19-14-31(15-19)21-8-9-21)30-25(32)18-5-12-23-17(13-18)3-2-4-24(23)33-22-10-6-20(7-11-22)26(27,28)29/h2-7,10-13,16,19,21H,8-9,14-15H2,1H3,(H,30,32)/t16-/m1/s1. The van der Waals surface area contributed by atoms with Gasteiger partial charge in [0.15, 0.2) is 0 Å². The molecular weight excluding hydrogens is 429 g/mol. The van der Waals surface area contributed by atoms with E-state index in [-0.39, 0.29) is 11.9 Å². The van der Waals surface area contributed by atoms with Gasteiger partial charge in [0.1, 0.15) is 11.5 Å². The second kappa shape index (κ2) is 8.37. The fourth-order valence-electron chi connectivity index (χ4n) is 4.33. The number of fused-ring (bicyclic) bond motifs is 1. The van der Waals surface area contributed by atoms with Crippen molar-refractivity contribution in [3.05, 3.63) is 71.8 Å². The van der Waals surface area contributed by atoms with E-state index in [9.17, 15) is 18.0 Å². The van der Waals surface area contributed by atoms with E-state index in [1.807, 2.05) is 18.2 Å². The van der Waals surface area contributed by atoms with Crippen LogP contribution in [0.15, 0.2) is 60.7 Å². The highest BCUT2D eigenvalue weighted by molar-refractivity contribution is 6.00. The van der Waals surface area contributed by atoms with E-state index in [0.717, 1.165) is 42.0 Å². The third kappa shape index (κ3) is 4.69. The van der Waals surface area contributed by atoms with E-state index in [1.54, 1.807) is 18.2 Å². The summed E-state index contributed by atoms with van der Waals surface area (Å²) in [6.07, 6.45) is -1.79. The van der Waals surface area contributed by atoms with Crippen LogP contribution in [0.2, 0.25) is 0 Å². The quantitative estimate of drug-likeness (QED) is 0.507. The number of hydrogen-bond acceptors (Lipinski definition) is 3. The van der Waals surface area contributed by atoms with Gasteiger partial charge in [-0.2, -0.15) is 13.2 Å². The maximum Gasteiger partial charge on any atom is 0.416 e. The number of rotatable bonds is 6. The zero-order valence-electron chi connectivity index (χ0n) is 18.2. The SMILES string of the molecule is C[C@@H](NC(=O)c1ccc2c(Oc3ccc(C(F)(F)F)cc3)cccc2c1)C1CN(C2CC2)C1. The molecule has 1 aliphatic heterocycles. The molecule has 2 fully saturated rings. The molecule has 7 heteroatoms. The molecule has 2 aliphatic rings. The van der Waals surface area contributed by atoms with Crippen LogP contribution in [-0.4, -0.2) is 36.0 Å². The van der Waals surface area contributed by atoms with Crippen molar-refractivity contribution in [2.45, 2.75) is 38.0 Å². The summed E-state index contributed by atoms with van der Waals surface area (Å²) in [5.74, 6) is 1.20. The lowest BCUT2D eigenvalue weighted by atomic mass is 9.92. The summed E-state index contributed by atoms with van der Waals surface area (Å²) in [6.45, 7) is 4.16. The van der Waals surface area contributed by atoms with Gasteiger partial charge in [0.05, 0.1) is 5.56 Å². The molecule has 0 unspecified atom stereocenters. The number of nitrogens with zero attached hydrogens (tertiary/aromatic N) is 1. The Kier molecular flexibility index (Phi) is 5.52. The average Bonchev–Trinajstić information content (AvgIpc) is 3.57. The number of likely N-dealkylation sites (tertiary alicyclic amines) is 1. The van der Waals surface area contributed by atoms with Crippen molar-refractivity contribution >= 4 is 16.7 Å². The monoisotopic (exact) mass is 454 g/mol. The molecule has 33 heavy (non-hydrogen) atoms. The third-order valence-corrected chi connectivity index (χ3v) is 6.58. The molecule has 172 valence electrons. The predicted molar refractivity (Wildman–Crippen MR) is 120 cm³/mol. The number of carbonyl (C=O) groups is 1. The lowest BCUT2D eigenvalue weighted by Gasteiger charge is -2.42. The number of carbonyl (C=O) groups excluding carboxylic acids is 1. The molecule has 1 amide bonds. The summed E-state index contributed by atoms with van der Waals surface area (Å²) < 4.78 is 44.2. The molecule has 3 aromatic carbocycles. The molecule has 3 aromatic rings. The van der Waals surface area contributed by atoms with E-state index in [1.165, 1.54) is 25.0 Å². The Morgan fingerprint density at radius 2 is 1.79 bits per heavy atom. The van der Waals surface area contributed by atoms with Crippen molar-refractivity contribution in [3.8, 4) is 11.5 Å². The fourth-order valence-corrected chi connectivity index (χ4v) is 4.33. The molecule has 1 N–H and O–H groups in total. The van der Waals surface area contributed by atoms with Crippen molar-refractivity contribution in [1.82, 2.24) is 10.2 Å². The number of nitrogens with one attached hydrogen (secondary N) is 1. The number of halogens is 3.